The molecular weight excluding hydrogens is 413 g/mol. The number of thiophene rings is 1. The number of amides is 2. The van der Waals surface area contributed by atoms with Gasteiger partial charge >= 0.3 is 0 Å². The molecular formula is C24H26FN3O2S. The zero-order valence-corrected chi connectivity index (χ0v) is 18.7. The van der Waals surface area contributed by atoms with Crippen LogP contribution in [-0.2, 0) is 17.9 Å². The molecule has 0 aliphatic carbocycles. The Morgan fingerprint density at radius 3 is 2.48 bits per heavy atom. The SMILES string of the molecule is CCC(=O)Nc1ccc(N(C)C)c(CN(Cc2cccc(F)c2)C(=O)c2cccs2)c1. The highest BCUT2D eigenvalue weighted by atomic mass is 32.1. The number of nitrogens with one attached hydrogen (secondary N) is 1. The Balaban J connectivity index is 1.96. The van der Waals surface area contributed by atoms with Crippen molar-refractivity contribution in [3.05, 3.63) is 81.8 Å². The Bertz CT molecular complexity index is 1050. The molecule has 1 heterocycles. The van der Waals surface area contributed by atoms with Crippen molar-refractivity contribution in [2.24, 2.45) is 0 Å². The molecule has 0 saturated carbocycles. The van der Waals surface area contributed by atoms with Crippen LogP contribution < -0.4 is 10.2 Å². The van der Waals surface area contributed by atoms with Gasteiger partial charge in [0.25, 0.3) is 5.91 Å². The van der Waals surface area contributed by atoms with Crippen LogP contribution in [0.2, 0.25) is 0 Å². The zero-order chi connectivity index (χ0) is 22.4. The van der Waals surface area contributed by atoms with Crippen molar-refractivity contribution < 1.29 is 14.0 Å². The highest BCUT2D eigenvalue weighted by molar-refractivity contribution is 7.12. The van der Waals surface area contributed by atoms with E-state index >= 15 is 0 Å². The van der Waals surface area contributed by atoms with E-state index in [0.717, 1.165) is 11.3 Å². The molecule has 2 aromatic carbocycles. The number of nitrogens with zero attached hydrogens (tertiary/aromatic N) is 2. The van der Waals surface area contributed by atoms with E-state index in [0.29, 0.717) is 29.1 Å². The van der Waals surface area contributed by atoms with Crippen molar-refractivity contribution in [1.82, 2.24) is 4.90 Å². The molecule has 0 aliphatic rings. The Kier molecular flexibility index (Phi) is 7.41. The van der Waals surface area contributed by atoms with Gasteiger partial charge in [0.1, 0.15) is 5.82 Å². The summed E-state index contributed by atoms with van der Waals surface area (Å²) in [5.41, 5.74) is 3.23. The summed E-state index contributed by atoms with van der Waals surface area (Å²) >= 11 is 1.38. The van der Waals surface area contributed by atoms with Crippen LogP contribution in [-0.4, -0.2) is 30.8 Å². The van der Waals surface area contributed by atoms with Gasteiger partial charge in [-0.15, -0.1) is 11.3 Å². The second kappa shape index (κ2) is 10.2. The first-order valence-corrected chi connectivity index (χ1v) is 10.9. The number of hydrogen-bond donors (Lipinski definition) is 1. The Morgan fingerprint density at radius 1 is 1.03 bits per heavy atom. The highest BCUT2D eigenvalue weighted by Crippen LogP contribution is 2.26. The summed E-state index contributed by atoms with van der Waals surface area (Å²) < 4.78 is 13.7. The molecule has 2 amide bonds. The molecule has 3 aromatic rings. The lowest BCUT2D eigenvalue weighted by Crippen LogP contribution is -2.30. The number of halogens is 1. The lowest BCUT2D eigenvalue weighted by molar-refractivity contribution is -0.115. The molecule has 0 radical (unpaired) electrons. The van der Waals surface area contributed by atoms with Crippen LogP contribution in [0.3, 0.4) is 0 Å². The molecule has 0 unspecified atom stereocenters. The van der Waals surface area contributed by atoms with E-state index in [4.69, 9.17) is 0 Å². The predicted octanol–water partition coefficient (Wildman–Crippen LogP) is 5.14. The largest absolute Gasteiger partial charge is 0.377 e. The maximum atomic E-state index is 13.7. The first-order valence-electron chi connectivity index (χ1n) is 10.0. The number of rotatable bonds is 8. The van der Waals surface area contributed by atoms with Gasteiger partial charge in [0.15, 0.2) is 0 Å². The third kappa shape index (κ3) is 5.92. The first kappa shape index (κ1) is 22.5. The summed E-state index contributed by atoms with van der Waals surface area (Å²) in [5.74, 6) is -0.527. The normalized spacial score (nSPS) is 10.6. The van der Waals surface area contributed by atoms with Crippen molar-refractivity contribution in [1.29, 1.82) is 0 Å². The maximum Gasteiger partial charge on any atom is 0.264 e. The minimum atomic E-state index is -0.334. The van der Waals surface area contributed by atoms with Crippen LogP contribution in [0.25, 0.3) is 0 Å². The van der Waals surface area contributed by atoms with Crippen molar-refractivity contribution in [3.63, 3.8) is 0 Å². The minimum Gasteiger partial charge on any atom is -0.377 e. The topological polar surface area (TPSA) is 52.7 Å². The molecule has 0 saturated heterocycles. The number of carbonyl (C=O) groups excluding carboxylic acids is 2. The molecule has 1 N–H and O–H groups in total. The van der Waals surface area contributed by atoms with Crippen LogP contribution in [0.15, 0.2) is 60.0 Å². The lowest BCUT2D eigenvalue weighted by Gasteiger charge is -2.26. The van der Waals surface area contributed by atoms with Gasteiger partial charge in [-0.25, -0.2) is 4.39 Å². The third-order valence-corrected chi connectivity index (χ3v) is 5.67. The quantitative estimate of drug-likeness (QED) is 0.528. The number of hydrogen-bond acceptors (Lipinski definition) is 4. The van der Waals surface area contributed by atoms with Crippen LogP contribution in [0.1, 0.15) is 34.1 Å². The fourth-order valence-electron chi connectivity index (χ4n) is 3.29. The molecule has 0 fully saturated rings. The van der Waals surface area contributed by atoms with E-state index in [1.807, 2.05) is 54.7 Å². The average molecular weight is 440 g/mol. The fraction of sp³-hybridized carbons (Fsp3) is 0.250. The Labute approximate surface area is 186 Å². The summed E-state index contributed by atoms with van der Waals surface area (Å²) in [6, 6.07) is 15.6. The van der Waals surface area contributed by atoms with Crippen LogP contribution >= 0.6 is 11.3 Å². The van der Waals surface area contributed by atoms with E-state index in [1.54, 1.807) is 24.0 Å². The molecule has 0 spiro atoms. The summed E-state index contributed by atoms with van der Waals surface area (Å²) in [4.78, 5) is 29.4. The van der Waals surface area contributed by atoms with Gasteiger partial charge in [-0.1, -0.05) is 25.1 Å². The summed E-state index contributed by atoms with van der Waals surface area (Å²) in [6.07, 6.45) is 0.382. The van der Waals surface area contributed by atoms with Crippen LogP contribution in [0.5, 0.6) is 0 Å². The van der Waals surface area contributed by atoms with Crippen LogP contribution in [0.4, 0.5) is 15.8 Å². The maximum absolute atomic E-state index is 13.7. The summed E-state index contributed by atoms with van der Waals surface area (Å²) in [7, 11) is 3.86. The van der Waals surface area contributed by atoms with Gasteiger partial charge in [0, 0.05) is 45.0 Å². The fourth-order valence-corrected chi connectivity index (χ4v) is 3.98. The van der Waals surface area contributed by atoms with E-state index in [1.165, 1.54) is 23.5 Å². The van der Waals surface area contributed by atoms with Crippen molar-refractivity contribution in [3.8, 4) is 0 Å². The van der Waals surface area contributed by atoms with E-state index < -0.39 is 0 Å². The molecule has 0 atom stereocenters. The summed E-state index contributed by atoms with van der Waals surface area (Å²) in [5, 5.41) is 4.74. The zero-order valence-electron chi connectivity index (χ0n) is 17.9. The number of anilines is 2. The number of benzene rings is 2. The predicted molar refractivity (Wildman–Crippen MR) is 124 cm³/mol. The van der Waals surface area contributed by atoms with Gasteiger partial charge < -0.3 is 15.1 Å². The molecule has 162 valence electrons. The van der Waals surface area contributed by atoms with Crippen molar-refractivity contribution in [2.45, 2.75) is 26.4 Å². The van der Waals surface area contributed by atoms with Crippen molar-refractivity contribution >= 4 is 34.5 Å². The smallest absolute Gasteiger partial charge is 0.264 e. The van der Waals surface area contributed by atoms with E-state index in [2.05, 4.69) is 5.32 Å². The number of carbonyl (C=O) groups is 2. The molecule has 5 nitrogen and oxygen atoms in total. The molecule has 7 heteroatoms. The molecule has 0 bridgehead atoms. The van der Waals surface area contributed by atoms with Gasteiger partial charge in [-0.05, 0) is 52.9 Å². The standard InChI is InChI=1S/C24H26FN3O2S/c1-4-23(29)26-20-10-11-21(27(2)3)18(14-20)16-28(24(30)22-9-6-12-31-22)15-17-7-5-8-19(25)13-17/h5-14H,4,15-16H2,1-3H3,(H,26,29). The van der Waals surface area contributed by atoms with E-state index in [-0.39, 0.29) is 24.2 Å². The highest BCUT2D eigenvalue weighted by Gasteiger charge is 2.20. The molecule has 3 rings (SSSR count). The monoisotopic (exact) mass is 439 g/mol. The lowest BCUT2D eigenvalue weighted by atomic mass is 10.1. The third-order valence-electron chi connectivity index (χ3n) is 4.81. The van der Waals surface area contributed by atoms with Gasteiger partial charge in [0.05, 0.1) is 4.88 Å². The van der Waals surface area contributed by atoms with Gasteiger partial charge in [0.2, 0.25) is 5.91 Å². The molecule has 0 aliphatic heterocycles. The van der Waals surface area contributed by atoms with Gasteiger partial charge in [-0.2, -0.15) is 0 Å². The molecule has 1 aromatic heterocycles. The summed E-state index contributed by atoms with van der Waals surface area (Å²) in [6.45, 7) is 2.38. The second-order valence-corrected chi connectivity index (χ2v) is 8.36. The first-order chi connectivity index (χ1) is 14.9. The van der Waals surface area contributed by atoms with E-state index in [9.17, 15) is 14.0 Å². The minimum absolute atomic E-state index is 0.0742. The average Bonchev–Trinajstić information content (AvgIpc) is 3.27. The second-order valence-electron chi connectivity index (χ2n) is 7.41. The van der Waals surface area contributed by atoms with Crippen molar-refractivity contribution in [2.75, 3.05) is 24.3 Å². The van der Waals surface area contributed by atoms with Crippen LogP contribution in [0, 0.1) is 5.82 Å². The van der Waals surface area contributed by atoms with Gasteiger partial charge in [-0.3, -0.25) is 9.59 Å². The Morgan fingerprint density at radius 2 is 1.84 bits per heavy atom. The Hall–Kier alpha value is -3.19. The molecule has 31 heavy (non-hydrogen) atoms.